The molecule has 1 fully saturated rings. The average molecular weight is 300 g/mol. The molecule has 2 heterocycles. The summed E-state index contributed by atoms with van der Waals surface area (Å²) in [4.78, 5) is 12.8. The molecule has 17 heavy (non-hydrogen) atoms. The maximum atomic E-state index is 5.65. The number of nitrogen functional groups attached to an aromatic ring is 1. The average Bonchev–Trinajstić information content (AvgIpc) is 2.32. The van der Waals surface area contributed by atoms with Crippen molar-refractivity contribution < 1.29 is 0 Å². The fourth-order valence-corrected chi connectivity index (χ4v) is 2.60. The Kier molecular flexibility index (Phi) is 3.83. The zero-order chi connectivity index (χ0) is 12.4. The SMILES string of the molecule is CN(C)C1CCCN(c2nc(N)ncc2Br)C1. The summed E-state index contributed by atoms with van der Waals surface area (Å²) in [5.41, 5.74) is 5.65. The minimum absolute atomic E-state index is 0.329. The minimum Gasteiger partial charge on any atom is -0.368 e. The Balaban J connectivity index is 2.18. The highest BCUT2D eigenvalue weighted by atomic mass is 79.9. The van der Waals surface area contributed by atoms with E-state index in [-0.39, 0.29) is 0 Å². The number of nitrogens with zero attached hydrogens (tertiary/aromatic N) is 4. The van der Waals surface area contributed by atoms with E-state index >= 15 is 0 Å². The molecular formula is C11H18BrN5. The van der Waals surface area contributed by atoms with Gasteiger partial charge in [-0.2, -0.15) is 4.98 Å². The summed E-state index contributed by atoms with van der Waals surface area (Å²) in [7, 11) is 4.25. The second-order valence-corrected chi connectivity index (χ2v) is 5.46. The molecule has 2 N–H and O–H groups in total. The Morgan fingerprint density at radius 1 is 1.53 bits per heavy atom. The first-order valence-corrected chi connectivity index (χ1v) is 6.56. The van der Waals surface area contributed by atoms with Crippen LogP contribution in [0, 0.1) is 0 Å². The monoisotopic (exact) mass is 299 g/mol. The van der Waals surface area contributed by atoms with Gasteiger partial charge in [-0.1, -0.05) is 0 Å². The first kappa shape index (κ1) is 12.6. The van der Waals surface area contributed by atoms with E-state index in [1.165, 1.54) is 12.8 Å². The predicted molar refractivity (Wildman–Crippen MR) is 73.1 cm³/mol. The van der Waals surface area contributed by atoms with Gasteiger partial charge < -0.3 is 15.5 Å². The van der Waals surface area contributed by atoms with E-state index in [4.69, 9.17) is 5.73 Å². The molecule has 6 heteroatoms. The molecular weight excluding hydrogens is 282 g/mol. The third kappa shape index (κ3) is 2.87. The first-order valence-electron chi connectivity index (χ1n) is 5.77. The molecule has 1 unspecified atom stereocenters. The lowest BCUT2D eigenvalue weighted by atomic mass is 10.1. The molecule has 94 valence electrons. The molecule has 2 rings (SSSR count). The van der Waals surface area contributed by atoms with Crippen LogP contribution in [0.3, 0.4) is 0 Å². The highest BCUT2D eigenvalue weighted by Gasteiger charge is 2.23. The van der Waals surface area contributed by atoms with Crippen molar-refractivity contribution in [3.05, 3.63) is 10.7 Å². The molecule has 1 aromatic rings. The highest BCUT2D eigenvalue weighted by molar-refractivity contribution is 9.10. The van der Waals surface area contributed by atoms with E-state index < -0.39 is 0 Å². The number of aromatic nitrogens is 2. The van der Waals surface area contributed by atoms with Crippen molar-refractivity contribution in [2.45, 2.75) is 18.9 Å². The molecule has 5 nitrogen and oxygen atoms in total. The Bertz CT molecular complexity index is 395. The van der Waals surface area contributed by atoms with Crippen LogP contribution < -0.4 is 10.6 Å². The Labute approximate surface area is 110 Å². The molecule has 1 aliphatic heterocycles. The maximum absolute atomic E-state index is 5.65. The minimum atomic E-state index is 0.329. The number of halogens is 1. The Morgan fingerprint density at radius 2 is 2.29 bits per heavy atom. The molecule has 0 saturated carbocycles. The van der Waals surface area contributed by atoms with Crippen LogP contribution in [0.5, 0.6) is 0 Å². The van der Waals surface area contributed by atoms with Gasteiger partial charge in [0.1, 0.15) is 5.82 Å². The van der Waals surface area contributed by atoms with Crippen LogP contribution in [0.25, 0.3) is 0 Å². The van der Waals surface area contributed by atoms with E-state index in [9.17, 15) is 0 Å². The van der Waals surface area contributed by atoms with E-state index in [0.29, 0.717) is 12.0 Å². The fraction of sp³-hybridized carbons (Fsp3) is 0.636. The van der Waals surface area contributed by atoms with Crippen molar-refractivity contribution in [2.75, 3.05) is 37.8 Å². The lowest BCUT2D eigenvalue weighted by Crippen LogP contribution is -2.45. The molecule has 0 aliphatic carbocycles. The molecule has 1 aromatic heterocycles. The maximum Gasteiger partial charge on any atom is 0.222 e. The molecule has 0 spiro atoms. The highest BCUT2D eigenvalue weighted by Crippen LogP contribution is 2.27. The second kappa shape index (κ2) is 5.18. The Morgan fingerprint density at radius 3 is 3.00 bits per heavy atom. The number of likely N-dealkylation sites (N-methyl/N-ethyl adjacent to an activating group) is 1. The van der Waals surface area contributed by atoms with Gasteiger partial charge in [0.15, 0.2) is 0 Å². The summed E-state index contributed by atoms with van der Waals surface area (Å²) in [5, 5.41) is 0. The normalized spacial score (nSPS) is 20.9. The summed E-state index contributed by atoms with van der Waals surface area (Å²) in [6.07, 6.45) is 4.14. The van der Waals surface area contributed by atoms with E-state index in [1.807, 2.05) is 0 Å². The number of hydrogen-bond donors (Lipinski definition) is 1. The van der Waals surface area contributed by atoms with Crippen LogP contribution in [0.15, 0.2) is 10.7 Å². The van der Waals surface area contributed by atoms with E-state index in [2.05, 4.69) is 49.8 Å². The van der Waals surface area contributed by atoms with Gasteiger partial charge >= 0.3 is 0 Å². The number of anilines is 2. The molecule has 1 aliphatic rings. The van der Waals surface area contributed by atoms with Gasteiger partial charge in [0.2, 0.25) is 5.95 Å². The summed E-state index contributed by atoms with van der Waals surface area (Å²) >= 11 is 3.49. The summed E-state index contributed by atoms with van der Waals surface area (Å²) < 4.78 is 0.908. The van der Waals surface area contributed by atoms with Crippen LogP contribution in [0.4, 0.5) is 11.8 Å². The van der Waals surface area contributed by atoms with Gasteiger partial charge in [-0.25, -0.2) is 4.98 Å². The second-order valence-electron chi connectivity index (χ2n) is 4.61. The quantitative estimate of drug-likeness (QED) is 0.893. The van der Waals surface area contributed by atoms with Crippen LogP contribution in [-0.4, -0.2) is 48.1 Å². The lowest BCUT2D eigenvalue weighted by Gasteiger charge is -2.37. The number of nitrogens with two attached hydrogens (primary N) is 1. The van der Waals surface area contributed by atoms with Crippen LogP contribution in [0.2, 0.25) is 0 Å². The van der Waals surface area contributed by atoms with Crippen molar-refractivity contribution in [2.24, 2.45) is 0 Å². The van der Waals surface area contributed by atoms with Crippen LogP contribution in [0.1, 0.15) is 12.8 Å². The molecule has 1 atom stereocenters. The third-order valence-corrected chi connectivity index (χ3v) is 3.73. The van der Waals surface area contributed by atoms with E-state index in [0.717, 1.165) is 23.4 Å². The summed E-state index contributed by atoms with van der Waals surface area (Å²) in [5.74, 6) is 1.24. The zero-order valence-corrected chi connectivity index (χ0v) is 11.8. The van der Waals surface area contributed by atoms with Gasteiger partial charge in [-0.15, -0.1) is 0 Å². The molecule has 0 amide bonds. The van der Waals surface area contributed by atoms with Gasteiger partial charge in [-0.3, -0.25) is 0 Å². The van der Waals surface area contributed by atoms with Crippen molar-refractivity contribution >= 4 is 27.7 Å². The topological polar surface area (TPSA) is 58.3 Å². The Hall–Kier alpha value is -0.880. The van der Waals surface area contributed by atoms with Crippen LogP contribution >= 0.6 is 15.9 Å². The van der Waals surface area contributed by atoms with Gasteiger partial charge in [-0.05, 0) is 42.9 Å². The standard InChI is InChI=1S/C11H18BrN5/c1-16(2)8-4-3-5-17(7-8)10-9(12)6-14-11(13)15-10/h6,8H,3-5,7H2,1-2H3,(H2,13,14,15). The van der Waals surface area contributed by atoms with Crippen molar-refractivity contribution in [1.29, 1.82) is 0 Å². The molecule has 0 bridgehead atoms. The zero-order valence-electron chi connectivity index (χ0n) is 10.2. The molecule has 0 radical (unpaired) electrons. The largest absolute Gasteiger partial charge is 0.368 e. The van der Waals surface area contributed by atoms with Crippen molar-refractivity contribution in [3.63, 3.8) is 0 Å². The third-order valence-electron chi connectivity index (χ3n) is 3.17. The molecule has 1 saturated heterocycles. The van der Waals surface area contributed by atoms with Crippen molar-refractivity contribution in [1.82, 2.24) is 14.9 Å². The summed E-state index contributed by atoms with van der Waals surface area (Å²) in [6, 6.07) is 0.576. The smallest absolute Gasteiger partial charge is 0.222 e. The molecule has 0 aromatic carbocycles. The number of rotatable bonds is 2. The van der Waals surface area contributed by atoms with E-state index in [1.54, 1.807) is 6.20 Å². The lowest BCUT2D eigenvalue weighted by molar-refractivity contribution is 0.257. The van der Waals surface area contributed by atoms with Gasteiger partial charge in [0.05, 0.1) is 4.47 Å². The number of hydrogen-bond acceptors (Lipinski definition) is 5. The predicted octanol–water partition coefficient (Wildman–Crippen LogP) is 1.35. The number of piperidine rings is 1. The fourth-order valence-electron chi connectivity index (χ4n) is 2.16. The summed E-state index contributed by atoms with van der Waals surface area (Å²) in [6.45, 7) is 2.02. The van der Waals surface area contributed by atoms with Gasteiger partial charge in [0, 0.05) is 25.3 Å². The van der Waals surface area contributed by atoms with Crippen LogP contribution in [-0.2, 0) is 0 Å². The van der Waals surface area contributed by atoms with Crippen molar-refractivity contribution in [3.8, 4) is 0 Å². The van der Waals surface area contributed by atoms with Gasteiger partial charge in [0.25, 0.3) is 0 Å². The first-order chi connectivity index (χ1) is 8.08.